The molecule has 1 atom stereocenters. The largest absolute Gasteiger partial charge is 0.493 e. The minimum atomic E-state index is -0.451. The molecule has 5 nitrogen and oxygen atoms in total. The van der Waals surface area contributed by atoms with Crippen LogP contribution in [0.4, 0.5) is 0 Å². The van der Waals surface area contributed by atoms with Gasteiger partial charge < -0.3 is 14.2 Å². The van der Waals surface area contributed by atoms with E-state index in [0.29, 0.717) is 17.9 Å². The summed E-state index contributed by atoms with van der Waals surface area (Å²) in [5.41, 5.74) is 1.64. The molecule has 0 saturated heterocycles. The average Bonchev–Trinajstić information content (AvgIpc) is 2.68. The Labute approximate surface area is 153 Å². The highest BCUT2D eigenvalue weighted by Gasteiger charge is 2.22. The van der Waals surface area contributed by atoms with Crippen LogP contribution < -0.4 is 9.47 Å². The Morgan fingerprint density at radius 2 is 1.77 bits per heavy atom. The fraction of sp³-hybridized carbons (Fsp3) is 0.238. The number of esters is 2. The minimum absolute atomic E-state index is 0.335. The molecule has 0 aliphatic carbocycles. The van der Waals surface area contributed by atoms with Crippen LogP contribution in [0.1, 0.15) is 30.4 Å². The van der Waals surface area contributed by atoms with Crippen LogP contribution in [0.15, 0.2) is 54.6 Å². The van der Waals surface area contributed by atoms with E-state index in [-0.39, 0.29) is 11.9 Å². The summed E-state index contributed by atoms with van der Waals surface area (Å²) in [5.74, 6) is -0.391. The summed E-state index contributed by atoms with van der Waals surface area (Å²) in [6.07, 6.45) is 3.53. The van der Waals surface area contributed by atoms with E-state index in [0.717, 1.165) is 11.1 Å². The van der Waals surface area contributed by atoms with Crippen molar-refractivity contribution in [2.24, 2.45) is 0 Å². The van der Waals surface area contributed by atoms with Gasteiger partial charge in [-0.2, -0.15) is 0 Å². The van der Waals surface area contributed by atoms with Gasteiger partial charge in [0.1, 0.15) is 0 Å². The van der Waals surface area contributed by atoms with Crippen LogP contribution in [-0.4, -0.2) is 26.2 Å². The molecule has 2 aromatic rings. The van der Waals surface area contributed by atoms with Crippen LogP contribution in [-0.2, 0) is 14.3 Å². The van der Waals surface area contributed by atoms with Crippen molar-refractivity contribution < 1.29 is 23.8 Å². The maximum Gasteiger partial charge on any atom is 0.330 e. The summed E-state index contributed by atoms with van der Waals surface area (Å²) in [7, 11) is 2.81. The van der Waals surface area contributed by atoms with Crippen molar-refractivity contribution in [1.29, 1.82) is 0 Å². The molecule has 0 aliphatic rings. The number of benzene rings is 2. The normalized spacial score (nSPS) is 11.8. The molecular weight excluding hydrogens is 332 g/mol. The Balaban J connectivity index is 2.19. The van der Waals surface area contributed by atoms with Crippen molar-refractivity contribution in [3.8, 4) is 11.5 Å². The Hall–Kier alpha value is -3.08. The minimum Gasteiger partial charge on any atom is -0.493 e. The Morgan fingerprint density at radius 1 is 1.04 bits per heavy atom. The van der Waals surface area contributed by atoms with Crippen LogP contribution in [0, 0.1) is 0 Å². The molecule has 2 rings (SSSR count). The van der Waals surface area contributed by atoms with E-state index in [2.05, 4.69) is 4.74 Å². The average molecular weight is 354 g/mol. The van der Waals surface area contributed by atoms with Crippen molar-refractivity contribution in [3.05, 3.63) is 65.7 Å². The van der Waals surface area contributed by atoms with E-state index >= 15 is 0 Å². The van der Waals surface area contributed by atoms with E-state index in [1.54, 1.807) is 24.3 Å². The predicted octanol–water partition coefficient (Wildman–Crippen LogP) is 3.98. The zero-order valence-corrected chi connectivity index (χ0v) is 15.1. The molecule has 26 heavy (non-hydrogen) atoms. The van der Waals surface area contributed by atoms with Crippen LogP contribution in [0.2, 0.25) is 0 Å². The summed E-state index contributed by atoms with van der Waals surface area (Å²) >= 11 is 0. The van der Waals surface area contributed by atoms with Gasteiger partial charge in [0.05, 0.1) is 20.1 Å². The monoisotopic (exact) mass is 354 g/mol. The lowest BCUT2D eigenvalue weighted by molar-refractivity contribution is -0.136. The maximum absolute atomic E-state index is 12.6. The molecule has 0 spiro atoms. The first-order valence-corrected chi connectivity index (χ1v) is 8.29. The third-order valence-electron chi connectivity index (χ3n) is 3.91. The van der Waals surface area contributed by atoms with E-state index in [1.807, 2.05) is 37.3 Å². The second-order valence-electron chi connectivity index (χ2n) is 5.56. The molecule has 0 bridgehead atoms. The molecular formula is C21H22O5. The summed E-state index contributed by atoms with van der Waals surface area (Å²) in [6.45, 7) is 1.94. The topological polar surface area (TPSA) is 61.8 Å². The summed E-state index contributed by atoms with van der Waals surface area (Å²) < 4.78 is 15.4. The number of ether oxygens (including phenoxy) is 3. The Bertz CT molecular complexity index is 780. The highest BCUT2D eigenvalue weighted by Crippen LogP contribution is 2.31. The van der Waals surface area contributed by atoms with Crippen molar-refractivity contribution in [2.45, 2.75) is 19.3 Å². The first-order chi connectivity index (χ1) is 12.6. The molecule has 0 amide bonds. The molecule has 136 valence electrons. The number of rotatable bonds is 7. The zero-order valence-electron chi connectivity index (χ0n) is 15.1. The van der Waals surface area contributed by atoms with Gasteiger partial charge in [0, 0.05) is 6.08 Å². The van der Waals surface area contributed by atoms with Gasteiger partial charge in [-0.05, 0) is 35.8 Å². The number of carbonyl (C=O) groups is 2. The van der Waals surface area contributed by atoms with Gasteiger partial charge in [-0.15, -0.1) is 0 Å². The van der Waals surface area contributed by atoms with E-state index in [4.69, 9.17) is 9.47 Å². The van der Waals surface area contributed by atoms with Gasteiger partial charge in [0.25, 0.3) is 0 Å². The third kappa shape index (κ3) is 4.96. The van der Waals surface area contributed by atoms with Gasteiger partial charge in [-0.3, -0.25) is 4.79 Å². The van der Waals surface area contributed by atoms with Crippen molar-refractivity contribution in [1.82, 2.24) is 0 Å². The first-order valence-electron chi connectivity index (χ1n) is 8.29. The summed E-state index contributed by atoms with van der Waals surface area (Å²) in [6, 6.07) is 14.6. The lowest BCUT2D eigenvalue weighted by Crippen LogP contribution is -2.18. The van der Waals surface area contributed by atoms with Crippen molar-refractivity contribution in [3.63, 3.8) is 0 Å². The molecule has 1 unspecified atom stereocenters. The van der Waals surface area contributed by atoms with Crippen LogP contribution in [0.3, 0.4) is 0 Å². The molecule has 0 radical (unpaired) electrons. The Kier molecular flexibility index (Phi) is 6.97. The lowest BCUT2D eigenvalue weighted by atomic mass is 9.97. The smallest absolute Gasteiger partial charge is 0.330 e. The number of hydrogen-bond donors (Lipinski definition) is 0. The molecule has 0 saturated carbocycles. The molecule has 0 aliphatic heterocycles. The quantitative estimate of drug-likeness (QED) is 0.427. The van der Waals surface area contributed by atoms with E-state index < -0.39 is 5.97 Å². The molecule has 0 N–H and O–H groups in total. The van der Waals surface area contributed by atoms with Crippen LogP contribution >= 0.6 is 0 Å². The molecule has 0 heterocycles. The van der Waals surface area contributed by atoms with Gasteiger partial charge in [0.15, 0.2) is 11.5 Å². The second kappa shape index (κ2) is 9.42. The van der Waals surface area contributed by atoms with Crippen LogP contribution in [0.25, 0.3) is 6.08 Å². The zero-order chi connectivity index (χ0) is 18.9. The second-order valence-corrected chi connectivity index (χ2v) is 5.56. The van der Waals surface area contributed by atoms with Crippen LogP contribution in [0.5, 0.6) is 11.5 Å². The van der Waals surface area contributed by atoms with Crippen molar-refractivity contribution >= 4 is 18.0 Å². The highest BCUT2D eigenvalue weighted by molar-refractivity contribution is 5.87. The van der Waals surface area contributed by atoms with Crippen molar-refractivity contribution in [2.75, 3.05) is 14.2 Å². The summed E-state index contributed by atoms with van der Waals surface area (Å²) in [4.78, 5) is 23.8. The SMILES string of the molecule is CCC(C(=O)Oc1ccc(/C=C/C(=O)OC)cc1OC)c1ccccc1. The fourth-order valence-electron chi connectivity index (χ4n) is 2.51. The van der Waals surface area contributed by atoms with E-state index in [9.17, 15) is 9.59 Å². The van der Waals surface area contributed by atoms with Gasteiger partial charge in [-0.25, -0.2) is 4.79 Å². The van der Waals surface area contributed by atoms with Gasteiger partial charge >= 0.3 is 11.9 Å². The van der Waals surface area contributed by atoms with Gasteiger partial charge in [-0.1, -0.05) is 43.3 Å². The number of methoxy groups -OCH3 is 2. The first kappa shape index (κ1) is 19.2. The molecule has 0 fully saturated rings. The number of hydrogen-bond acceptors (Lipinski definition) is 5. The standard InChI is InChI=1S/C21H22O5/c1-4-17(16-8-6-5-7-9-16)21(23)26-18-12-10-15(14-19(18)24-2)11-13-20(22)25-3/h5-14,17H,4H2,1-3H3/b13-11+. The maximum atomic E-state index is 12.6. The Morgan fingerprint density at radius 3 is 2.38 bits per heavy atom. The molecule has 0 aromatic heterocycles. The highest BCUT2D eigenvalue weighted by atomic mass is 16.6. The molecule has 5 heteroatoms. The predicted molar refractivity (Wildman–Crippen MR) is 99.2 cm³/mol. The van der Waals surface area contributed by atoms with Gasteiger partial charge in [0.2, 0.25) is 0 Å². The molecule has 2 aromatic carbocycles. The van der Waals surface area contributed by atoms with E-state index in [1.165, 1.54) is 20.3 Å². The third-order valence-corrected chi connectivity index (χ3v) is 3.91. The summed E-state index contributed by atoms with van der Waals surface area (Å²) in [5, 5.41) is 0. The fourth-order valence-corrected chi connectivity index (χ4v) is 2.51. The lowest BCUT2D eigenvalue weighted by Gasteiger charge is -2.16. The number of carbonyl (C=O) groups excluding carboxylic acids is 2.